The van der Waals surface area contributed by atoms with Gasteiger partial charge in [-0.05, 0) is 79.1 Å². The second-order valence-electron chi connectivity index (χ2n) is 16.7. The molecule has 0 spiro atoms. The molecule has 13 atom stereocenters. The summed E-state index contributed by atoms with van der Waals surface area (Å²) in [6, 6.07) is 2.80. The number of carbonyl (C=O) groups excluding carboxylic acids is 4. The minimum absolute atomic E-state index is 0.137. The molecule has 5 heterocycles. The molecule has 57 heavy (non-hydrogen) atoms. The molecular weight excluding hydrogens is 734 g/mol. The summed E-state index contributed by atoms with van der Waals surface area (Å²) in [6.45, 7) is 13.2. The van der Waals surface area contributed by atoms with Gasteiger partial charge in [-0.3, -0.25) is 19.4 Å². The van der Waals surface area contributed by atoms with Crippen LogP contribution in [0.4, 0.5) is 4.79 Å². The number of likely N-dealkylation sites (N-methyl/N-ethyl adjacent to an activating group) is 1. The number of carbonyl (C=O) groups is 4. The lowest BCUT2D eigenvalue weighted by Crippen LogP contribution is -2.59. The standard InChI is InChI=1S/C42H63N5O10/c1-11-32-37-33(47(41(52)56-37)18-13-12-17-46-22-30(44-23-46)29-15-14-16-43-21-29)26(4)34(48)24(2)20-42(7,53-10)38(27(5)35(49)28(6)39(51)55-32)57-40-36(50)31(45(8)9)19-25(3)54-40/h14-16,21-28,31-33,36-38,40,50H,11-13,17-20H2,1-10H3/t24-,25-,26-,27+,28-,31+,32-,33-,36-,37-,38-,40+,42-/m1/s1. The van der Waals surface area contributed by atoms with Gasteiger partial charge in [0.1, 0.15) is 23.9 Å². The van der Waals surface area contributed by atoms with Crippen molar-refractivity contribution in [3.8, 4) is 11.3 Å². The van der Waals surface area contributed by atoms with E-state index in [9.17, 15) is 24.3 Å². The number of cyclic esters (lactones) is 1. The van der Waals surface area contributed by atoms with Crippen molar-refractivity contribution in [2.75, 3.05) is 27.7 Å². The van der Waals surface area contributed by atoms with Gasteiger partial charge in [0.15, 0.2) is 18.2 Å². The first-order chi connectivity index (χ1) is 27.0. The number of methoxy groups -OCH3 is 1. The highest BCUT2D eigenvalue weighted by Crippen LogP contribution is 2.39. The van der Waals surface area contributed by atoms with Gasteiger partial charge >= 0.3 is 12.1 Å². The van der Waals surface area contributed by atoms with E-state index in [0.29, 0.717) is 32.4 Å². The van der Waals surface area contributed by atoms with Gasteiger partial charge < -0.3 is 43.2 Å². The predicted octanol–water partition coefficient (Wildman–Crippen LogP) is 4.54. The van der Waals surface area contributed by atoms with Crippen LogP contribution < -0.4 is 0 Å². The van der Waals surface area contributed by atoms with Crippen molar-refractivity contribution < 1.29 is 48.0 Å². The summed E-state index contributed by atoms with van der Waals surface area (Å²) >= 11 is 0. The number of aliphatic hydroxyl groups excluding tert-OH is 1. The van der Waals surface area contributed by atoms with Gasteiger partial charge in [0.05, 0.1) is 35.9 Å². The Morgan fingerprint density at radius 3 is 2.39 bits per heavy atom. The van der Waals surface area contributed by atoms with Crippen LogP contribution >= 0.6 is 0 Å². The Kier molecular flexibility index (Phi) is 14.7. The Labute approximate surface area is 336 Å². The van der Waals surface area contributed by atoms with Crippen molar-refractivity contribution in [1.29, 1.82) is 0 Å². The van der Waals surface area contributed by atoms with Gasteiger partial charge in [-0.15, -0.1) is 0 Å². The van der Waals surface area contributed by atoms with E-state index in [-0.39, 0.29) is 30.8 Å². The number of esters is 1. The molecule has 0 unspecified atom stereocenters. The van der Waals surface area contributed by atoms with Crippen molar-refractivity contribution >= 4 is 23.6 Å². The van der Waals surface area contributed by atoms with E-state index in [1.165, 1.54) is 14.0 Å². The third kappa shape index (κ3) is 9.76. The van der Waals surface area contributed by atoms with E-state index in [1.54, 1.807) is 44.4 Å². The molecule has 3 saturated heterocycles. The lowest BCUT2D eigenvalue weighted by Gasteiger charge is -2.47. The fourth-order valence-electron chi connectivity index (χ4n) is 8.89. The zero-order valence-corrected chi connectivity index (χ0v) is 35.2. The maximum Gasteiger partial charge on any atom is 0.410 e. The molecule has 0 saturated carbocycles. The SMILES string of the molecule is CC[C@H]1OC(=O)[C@H](C)C(=O)[C@H](C)[C@@H](O[C@@H]2O[C@H](C)C[C@H](N(C)C)[C@H]2O)[C@](C)(OC)C[C@@H](C)C(=O)[C@H](C)[C@@H]2[C@@H]1OC(=O)N2CCCCn1cnc(-c2cccnc2)c1. The Morgan fingerprint density at radius 1 is 1.02 bits per heavy atom. The normalized spacial score (nSPS) is 35.8. The number of aromatic nitrogens is 3. The molecule has 15 nitrogen and oxygen atoms in total. The van der Waals surface area contributed by atoms with Crippen LogP contribution in [0.3, 0.4) is 0 Å². The topological polar surface area (TPSA) is 172 Å². The monoisotopic (exact) mass is 797 g/mol. The summed E-state index contributed by atoms with van der Waals surface area (Å²) in [7, 11) is 5.24. The Balaban J connectivity index is 1.40. The highest BCUT2D eigenvalue weighted by atomic mass is 16.7. The lowest BCUT2D eigenvalue weighted by atomic mass is 9.75. The largest absolute Gasteiger partial charge is 0.458 e. The maximum absolute atomic E-state index is 14.6. The number of ketones is 2. The second-order valence-corrected chi connectivity index (χ2v) is 16.7. The number of nitrogens with zero attached hydrogens (tertiary/aromatic N) is 5. The number of aliphatic hydroxyl groups is 1. The maximum atomic E-state index is 14.6. The average Bonchev–Trinajstić information content (AvgIpc) is 3.80. The first kappa shape index (κ1) is 44.3. The summed E-state index contributed by atoms with van der Waals surface area (Å²) < 4.78 is 32.9. The lowest BCUT2D eigenvalue weighted by molar-refractivity contribution is -0.295. The second kappa shape index (κ2) is 18.9. The molecule has 0 bridgehead atoms. The number of ether oxygens (including phenoxy) is 5. The minimum Gasteiger partial charge on any atom is -0.458 e. The molecule has 3 aliphatic heterocycles. The van der Waals surface area contributed by atoms with Gasteiger partial charge in [0.25, 0.3) is 0 Å². The number of imidazole rings is 1. The highest BCUT2D eigenvalue weighted by Gasteiger charge is 2.54. The van der Waals surface area contributed by atoms with Gasteiger partial charge in [-0.1, -0.05) is 27.7 Å². The molecule has 0 aliphatic carbocycles. The minimum atomic E-state index is -1.26. The molecule has 5 rings (SSSR count). The fourth-order valence-corrected chi connectivity index (χ4v) is 8.89. The number of Topliss-reactive ketones (excluding diaryl/α,β-unsaturated/α-hetero) is 2. The summed E-state index contributed by atoms with van der Waals surface area (Å²) in [5.74, 6) is -4.86. The number of amides is 1. The van der Waals surface area contributed by atoms with E-state index in [4.69, 9.17) is 23.7 Å². The van der Waals surface area contributed by atoms with Gasteiger partial charge in [0, 0.05) is 68.1 Å². The van der Waals surface area contributed by atoms with Crippen molar-refractivity contribution in [3.05, 3.63) is 37.1 Å². The van der Waals surface area contributed by atoms with E-state index >= 15 is 0 Å². The quantitative estimate of drug-likeness (QED) is 0.191. The fraction of sp³-hybridized carbons (Fsp3) is 0.714. The summed E-state index contributed by atoms with van der Waals surface area (Å²) in [5, 5.41) is 11.4. The number of hydrogen-bond acceptors (Lipinski definition) is 13. The summed E-state index contributed by atoms with van der Waals surface area (Å²) in [6.07, 6.45) is 3.65. The number of hydrogen-bond donors (Lipinski definition) is 1. The number of fused-ring (bicyclic) bond motifs is 1. The number of pyridine rings is 1. The van der Waals surface area contributed by atoms with Crippen LogP contribution in [-0.4, -0.2) is 135 Å². The molecule has 3 aliphatic rings. The summed E-state index contributed by atoms with van der Waals surface area (Å²) in [5.41, 5.74) is 0.476. The molecule has 1 N–H and O–H groups in total. The van der Waals surface area contributed by atoms with Crippen LogP contribution in [0.5, 0.6) is 0 Å². The number of rotatable bonds is 11. The van der Waals surface area contributed by atoms with Gasteiger partial charge in [-0.2, -0.15) is 0 Å². The third-order valence-electron chi connectivity index (χ3n) is 12.3. The van der Waals surface area contributed by atoms with Crippen LogP contribution in [0.2, 0.25) is 0 Å². The van der Waals surface area contributed by atoms with Crippen molar-refractivity contribution in [1.82, 2.24) is 24.3 Å². The third-order valence-corrected chi connectivity index (χ3v) is 12.3. The molecule has 2 aromatic heterocycles. The Morgan fingerprint density at radius 2 is 1.74 bits per heavy atom. The van der Waals surface area contributed by atoms with E-state index < -0.39 is 83.9 Å². The zero-order valence-electron chi connectivity index (χ0n) is 35.2. The molecule has 3 fully saturated rings. The van der Waals surface area contributed by atoms with Crippen molar-refractivity contribution in [3.63, 3.8) is 0 Å². The van der Waals surface area contributed by atoms with E-state index in [0.717, 1.165) is 11.3 Å². The zero-order chi connectivity index (χ0) is 41.8. The molecule has 1 amide bonds. The molecule has 2 aromatic rings. The van der Waals surface area contributed by atoms with Crippen LogP contribution in [0.1, 0.15) is 80.6 Å². The van der Waals surface area contributed by atoms with Gasteiger partial charge in [0.2, 0.25) is 0 Å². The average molecular weight is 798 g/mol. The number of unbranched alkanes of at least 4 members (excludes halogenated alkanes) is 1. The van der Waals surface area contributed by atoms with Crippen molar-refractivity contribution in [2.45, 2.75) is 142 Å². The molecule has 15 heteroatoms. The molecule has 316 valence electrons. The number of aryl methyl sites for hydroxylation is 1. The van der Waals surface area contributed by atoms with E-state index in [2.05, 4.69) is 9.97 Å². The predicted molar refractivity (Wildman–Crippen MR) is 210 cm³/mol. The van der Waals surface area contributed by atoms with Crippen LogP contribution in [0.25, 0.3) is 11.3 Å². The molecular formula is C42H63N5O10. The highest BCUT2D eigenvalue weighted by molar-refractivity contribution is 6.00. The molecule has 0 aromatic carbocycles. The Bertz CT molecular complexity index is 1690. The van der Waals surface area contributed by atoms with Crippen LogP contribution in [0.15, 0.2) is 37.1 Å². The van der Waals surface area contributed by atoms with Crippen molar-refractivity contribution in [2.24, 2.45) is 23.7 Å². The Hall–Kier alpha value is -3.76. The molecule has 0 radical (unpaired) electrons. The smallest absolute Gasteiger partial charge is 0.410 e. The summed E-state index contributed by atoms with van der Waals surface area (Å²) in [4.78, 5) is 68.4. The first-order valence-corrected chi connectivity index (χ1v) is 20.4. The van der Waals surface area contributed by atoms with Crippen LogP contribution in [-0.2, 0) is 44.6 Å². The first-order valence-electron chi connectivity index (χ1n) is 20.4. The van der Waals surface area contributed by atoms with Crippen LogP contribution in [0, 0.1) is 23.7 Å². The van der Waals surface area contributed by atoms with E-state index in [1.807, 2.05) is 62.7 Å². The van der Waals surface area contributed by atoms with Gasteiger partial charge in [-0.25, -0.2) is 9.78 Å².